The molecule has 0 unspecified atom stereocenters. The first-order valence-corrected chi connectivity index (χ1v) is 4.53. The summed E-state index contributed by atoms with van der Waals surface area (Å²) in [6, 6.07) is 2.07. The Morgan fingerprint density at radius 3 is 2.67 bits per heavy atom. The minimum absolute atomic E-state index is 0.261. The Kier molecular flexibility index (Phi) is 1.72. The second-order valence-electron chi connectivity index (χ2n) is 3.73. The summed E-state index contributed by atoms with van der Waals surface area (Å²) in [4.78, 5) is 0. The Morgan fingerprint density at radius 1 is 1.58 bits per heavy atom. The molecule has 2 N–H and O–H groups in total. The summed E-state index contributed by atoms with van der Waals surface area (Å²) >= 11 is 0. The van der Waals surface area contributed by atoms with Crippen LogP contribution in [0.1, 0.15) is 30.6 Å². The Labute approximate surface area is 72.7 Å². The molecular weight excluding hydrogens is 150 g/mol. The van der Waals surface area contributed by atoms with E-state index < -0.39 is 0 Å². The van der Waals surface area contributed by atoms with E-state index in [0.29, 0.717) is 0 Å². The number of rotatable bonds is 2. The summed E-state index contributed by atoms with van der Waals surface area (Å²) < 4.78 is 5.29. The molecule has 1 fully saturated rings. The third-order valence-corrected chi connectivity index (χ3v) is 3.13. The van der Waals surface area contributed by atoms with Gasteiger partial charge in [-0.25, -0.2) is 0 Å². The van der Waals surface area contributed by atoms with Crippen LogP contribution in [0.25, 0.3) is 0 Å². The number of hydrogen-bond donors (Lipinski definition) is 1. The van der Waals surface area contributed by atoms with Crippen LogP contribution in [0.2, 0.25) is 0 Å². The highest BCUT2D eigenvalue weighted by molar-refractivity contribution is 5.30. The lowest BCUT2D eigenvalue weighted by molar-refractivity contribution is 0.249. The highest BCUT2D eigenvalue weighted by atomic mass is 16.3. The number of hydrogen-bond acceptors (Lipinski definition) is 2. The van der Waals surface area contributed by atoms with Crippen LogP contribution >= 0.6 is 0 Å². The molecule has 66 valence electrons. The summed E-state index contributed by atoms with van der Waals surface area (Å²) in [5.74, 6) is 1.04. The molecule has 1 aliphatic carbocycles. The van der Waals surface area contributed by atoms with Crippen LogP contribution in [-0.2, 0) is 5.41 Å². The molecule has 1 aliphatic rings. The lowest BCUT2D eigenvalue weighted by Crippen LogP contribution is -2.41. The quantitative estimate of drug-likeness (QED) is 0.727. The average molecular weight is 165 g/mol. The Bertz CT molecular complexity index is 268. The van der Waals surface area contributed by atoms with Crippen LogP contribution < -0.4 is 5.73 Å². The summed E-state index contributed by atoms with van der Waals surface area (Å²) in [7, 11) is 0. The van der Waals surface area contributed by atoms with Crippen molar-refractivity contribution in [3.63, 3.8) is 0 Å². The van der Waals surface area contributed by atoms with Crippen LogP contribution in [0.5, 0.6) is 0 Å². The van der Waals surface area contributed by atoms with E-state index in [-0.39, 0.29) is 5.41 Å². The number of aryl methyl sites for hydroxylation is 1. The first kappa shape index (κ1) is 7.87. The molecule has 1 saturated carbocycles. The predicted octanol–water partition coefficient (Wildman–Crippen LogP) is 1.97. The van der Waals surface area contributed by atoms with E-state index in [0.717, 1.165) is 12.3 Å². The lowest BCUT2D eigenvalue weighted by atomic mass is 9.64. The van der Waals surface area contributed by atoms with E-state index in [1.54, 1.807) is 6.26 Å². The van der Waals surface area contributed by atoms with Crippen molar-refractivity contribution in [2.75, 3.05) is 6.54 Å². The fourth-order valence-corrected chi connectivity index (χ4v) is 2.12. The van der Waals surface area contributed by atoms with Gasteiger partial charge in [-0.3, -0.25) is 0 Å². The van der Waals surface area contributed by atoms with E-state index in [4.69, 9.17) is 10.2 Å². The normalized spacial score (nSPS) is 20.5. The molecule has 1 aromatic rings. The van der Waals surface area contributed by atoms with Gasteiger partial charge in [-0.05, 0) is 25.8 Å². The molecule has 0 atom stereocenters. The largest absolute Gasteiger partial charge is 0.469 e. The van der Waals surface area contributed by atoms with Crippen molar-refractivity contribution in [1.82, 2.24) is 0 Å². The molecule has 2 nitrogen and oxygen atoms in total. The zero-order valence-corrected chi connectivity index (χ0v) is 7.47. The van der Waals surface area contributed by atoms with Crippen molar-refractivity contribution in [2.45, 2.75) is 31.6 Å². The molecule has 0 spiro atoms. The van der Waals surface area contributed by atoms with Gasteiger partial charge in [0.2, 0.25) is 0 Å². The number of furan rings is 1. The summed E-state index contributed by atoms with van der Waals surface area (Å²) in [6.45, 7) is 2.78. The van der Waals surface area contributed by atoms with Crippen molar-refractivity contribution in [3.05, 3.63) is 23.7 Å². The zero-order chi connectivity index (χ0) is 8.60. The van der Waals surface area contributed by atoms with Crippen molar-refractivity contribution < 1.29 is 4.42 Å². The van der Waals surface area contributed by atoms with Crippen molar-refractivity contribution >= 4 is 0 Å². The summed E-state index contributed by atoms with van der Waals surface area (Å²) in [6.07, 6.45) is 5.52. The first-order valence-electron chi connectivity index (χ1n) is 4.53. The maximum atomic E-state index is 5.79. The molecule has 0 bridgehead atoms. The fourth-order valence-electron chi connectivity index (χ4n) is 2.12. The standard InChI is InChI=1S/C10H15NO/c1-8-9(3-6-12-8)10(7-11)4-2-5-10/h3,6H,2,4-5,7,11H2,1H3. The van der Waals surface area contributed by atoms with Crippen molar-refractivity contribution in [2.24, 2.45) is 5.73 Å². The molecule has 0 saturated heterocycles. The van der Waals surface area contributed by atoms with Gasteiger partial charge in [-0.1, -0.05) is 6.42 Å². The Hall–Kier alpha value is -0.760. The molecule has 2 rings (SSSR count). The smallest absolute Gasteiger partial charge is 0.104 e. The molecular formula is C10H15NO. The van der Waals surface area contributed by atoms with Crippen LogP contribution in [0.3, 0.4) is 0 Å². The van der Waals surface area contributed by atoms with Gasteiger partial charge in [0.25, 0.3) is 0 Å². The highest BCUT2D eigenvalue weighted by Gasteiger charge is 2.39. The Balaban J connectivity index is 2.33. The predicted molar refractivity (Wildman–Crippen MR) is 48.0 cm³/mol. The van der Waals surface area contributed by atoms with Gasteiger partial charge in [0.05, 0.1) is 6.26 Å². The monoisotopic (exact) mass is 165 g/mol. The molecule has 0 amide bonds. The van der Waals surface area contributed by atoms with E-state index in [1.165, 1.54) is 24.8 Å². The summed E-state index contributed by atoms with van der Waals surface area (Å²) in [5, 5.41) is 0. The van der Waals surface area contributed by atoms with Gasteiger partial charge in [0, 0.05) is 17.5 Å². The van der Waals surface area contributed by atoms with Crippen LogP contribution in [0, 0.1) is 6.92 Å². The average Bonchev–Trinajstić information content (AvgIpc) is 2.36. The van der Waals surface area contributed by atoms with Gasteiger partial charge in [0.15, 0.2) is 0 Å². The topological polar surface area (TPSA) is 39.2 Å². The molecule has 1 heterocycles. The van der Waals surface area contributed by atoms with E-state index in [1.807, 2.05) is 6.92 Å². The van der Waals surface area contributed by atoms with Gasteiger partial charge in [-0.2, -0.15) is 0 Å². The van der Waals surface area contributed by atoms with Crippen molar-refractivity contribution in [3.8, 4) is 0 Å². The van der Waals surface area contributed by atoms with E-state index >= 15 is 0 Å². The molecule has 1 aromatic heterocycles. The molecule has 2 heteroatoms. The summed E-state index contributed by atoms with van der Waals surface area (Å²) in [5.41, 5.74) is 7.38. The first-order chi connectivity index (χ1) is 5.78. The minimum Gasteiger partial charge on any atom is -0.469 e. The SMILES string of the molecule is Cc1occc1C1(CN)CCC1. The number of nitrogens with two attached hydrogens (primary N) is 1. The van der Waals surface area contributed by atoms with Crippen LogP contribution in [0.4, 0.5) is 0 Å². The van der Waals surface area contributed by atoms with Crippen LogP contribution in [0.15, 0.2) is 16.7 Å². The minimum atomic E-state index is 0.261. The van der Waals surface area contributed by atoms with Gasteiger partial charge < -0.3 is 10.2 Å². The van der Waals surface area contributed by atoms with Crippen molar-refractivity contribution in [1.29, 1.82) is 0 Å². The van der Waals surface area contributed by atoms with E-state index in [2.05, 4.69) is 6.07 Å². The van der Waals surface area contributed by atoms with Gasteiger partial charge >= 0.3 is 0 Å². The second-order valence-corrected chi connectivity index (χ2v) is 3.73. The Morgan fingerprint density at radius 2 is 2.33 bits per heavy atom. The maximum absolute atomic E-state index is 5.79. The maximum Gasteiger partial charge on any atom is 0.104 e. The van der Waals surface area contributed by atoms with E-state index in [9.17, 15) is 0 Å². The fraction of sp³-hybridized carbons (Fsp3) is 0.600. The third-order valence-electron chi connectivity index (χ3n) is 3.13. The molecule has 0 aliphatic heterocycles. The lowest BCUT2D eigenvalue weighted by Gasteiger charge is -2.40. The highest BCUT2D eigenvalue weighted by Crippen LogP contribution is 2.44. The third kappa shape index (κ3) is 0.911. The second kappa shape index (κ2) is 2.63. The molecule has 0 radical (unpaired) electrons. The molecule has 12 heavy (non-hydrogen) atoms. The van der Waals surface area contributed by atoms with Crippen LogP contribution in [-0.4, -0.2) is 6.54 Å². The van der Waals surface area contributed by atoms with Gasteiger partial charge in [-0.15, -0.1) is 0 Å². The zero-order valence-electron chi connectivity index (χ0n) is 7.47. The molecule has 0 aromatic carbocycles. The van der Waals surface area contributed by atoms with Gasteiger partial charge in [0.1, 0.15) is 5.76 Å².